The largest absolute Gasteiger partial charge is 0.466 e. The summed E-state index contributed by atoms with van der Waals surface area (Å²) in [5.41, 5.74) is 1.38. The molecule has 3 rings (SSSR count). The van der Waals surface area contributed by atoms with Crippen molar-refractivity contribution in [1.82, 2.24) is 0 Å². The summed E-state index contributed by atoms with van der Waals surface area (Å²) >= 11 is 0. The number of rotatable bonds is 5. The fourth-order valence-corrected chi connectivity index (χ4v) is 2.65. The van der Waals surface area contributed by atoms with E-state index in [0.29, 0.717) is 33.6 Å². The molecule has 0 N–H and O–H groups in total. The first-order valence-corrected chi connectivity index (χ1v) is 7.93. The number of hydrogen-bond donors (Lipinski definition) is 0. The van der Waals surface area contributed by atoms with Gasteiger partial charge in [-0.25, -0.2) is 9.59 Å². The highest BCUT2D eigenvalue weighted by Crippen LogP contribution is 2.28. The summed E-state index contributed by atoms with van der Waals surface area (Å²) in [7, 11) is 0. The van der Waals surface area contributed by atoms with Crippen LogP contribution in [0.5, 0.6) is 0 Å². The van der Waals surface area contributed by atoms with E-state index in [1.165, 1.54) is 0 Å². The number of esters is 2. The molecule has 6 heteroatoms. The molecule has 0 aliphatic rings. The lowest BCUT2D eigenvalue weighted by Gasteiger charge is -2.05. The molecule has 130 valence electrons. The third-order valence-corrected chi connectivity index (χ3v) is 3.77. The first-order chi connectivity index (χ1) is 12.0. The second kappa shape index (κ2) is 6.84. The Morgan fingerprint density at radius 1 is 1.04 bits per heavy atom. The van der Waals surface area contributed by atoms with Crippen LogP contribution >= 0.6 is 0 Å². The Morgan fingerprint density at radius 3 is 2.48 bits per heavy atom. The standard InChI is InChI=1S/C19H18O6/c1-4-22-19(21)17-15(13-7-5-6-8-16(13)25-17)10-23-18(20)14-9-11(2)24-12(14)3/h5-9H,4,10H2,1-3H3. The van der Waals surface area contributed by atoms with Crippen LogP contribution in [0, 0.1) is 13.8 Å². The normalized spacial score (nSPS) is 10.8. The van der Waals surface area contributed by atoms with E-state index in [1.54, 1.807) is 45.0 Å². The number of hydrogen-bond acceptors (Lipinski definition) is 6. The number of furan rings is 2. The molecule has 0 saturated carbocycles. The molecule has 25 heavy (non-hydrogen) atoms. The van der Waals surface area contributed by atoms with Crippen LogP contribution < -0.4 is 0 Å². The Hall–Kier alpha value is -3.02. The van der Waals surface area contributed by atoms with Gasteiger partial charge >= 0.3 is 11.9 Å². The topological polar surface area (TPSA) is 78.9 Å². The van der Waals surface area contributed by atoms with Crippen LogP contribution in [0.4, 0.5) is 0 Å². The lowest BCUT2D eigenvalue weighted by molar-refractivity contribution is 0.0434. The van der Waals surface area contributed by atoms with Gasteiger partial charge in [0.25, 0.3) is 0 Å². The minimum Gasteiger partial charge on any atom is -0.466 e. The zero-order chi connectivity index (χ0) is 18.0. The van der Waals surface area contributed by atoms with Gasteiger partial charge in [0.2, 0.25) is 5.76 Å². The van der Waals surface area contributed by atoms with Crippen LogP contribution in [0.3, 0.4) is 0 Å². The highest BCUT2D eigenvalue weighted by atomic mass is 16.5. The Kier molecular flexibility index (Phi) is 4.61. The Balaban J connectivity index is 1.89. The van der Waals surface area contributed by atoms with E-state index in [0.717, 1.165) is 0 Å². The van der Waals surface area contributed by atoms with Crippen molar-refractivity contribution in [3.05, 3.63) is 58.7 Å². The molecular formula is C19H18O6. The van der Waals surface area contributed by atoms with Gasteiger partial charge in [-0.2, -0.15) is 0 Å². The predicted molar refractivity (Wildman–Crippen MR) is 89.5 cm³/mol. The van der Waals surface area contributed by atoms with Gasteiger partial charge in [-0.05, 0) is 32.9 Å². The van der Waals surface area contributed by atoms with Crippen molar-refractivity contribution >= 4 is 22.9 Å². The van der Waals surface area contributed by atoms with Crippen LogP contribution in [-0.2, 0) is 16.1 Å². The van der Waals surface area contributed by atoms with E-state index < -0.39 is 11.9 Å². The third kappa shape index (κ3) is 3.28. The van der Waals surface area contributed by atoms with Gasteiger partial charge in [0.1, 0.15) is 29.3 Å². The van der Waals surface area contributed by atoms with Crippen molar-refractivity contribution in [2.24, 2.45) is 0 Å². The van der Waals surface area contributed by atoms with Gasteiger partial charge in [0.05, 0.1) is 12.2 Å². The monoisotopic (exact) mass is 342 g/mol. The van der Waals surface area contributed by atoms with Crippen molar-refractivity contribution < 1.29 is 27.9 Å². The van der Waals surface area contributed by atoms with Crippen molar-refractivity contribution in [2.45, 2.75) is 27.4 Å². The van der Waals surface area contributed by atoms with Gasteiger partial charge < -0.3 is 18.3 Å². The summed E-state index contributed by atoms with van der Waals surface area (Å²) < 4.78 is 21.3. The third-order valence-electron chi connectivity index (χ3n) is 3.77. The SMILES string of the molecule is CCOC(=O)c1oc2ccccc2c1COC(=O)c1cc(C)oc1C. The first-order valence-electron chi connectivity index (χ1n) is 7.93. The van der Waals surface area contributed by atoms with E-state index in [2.05, 4.69) is 0 Å². The number of fused-ring (bicyclic) bond motifs is 1. The van der Waals surface area contributed by atoms with Crippen molar-refractivity contribution in [2.75, 3.05) is 6.61 Å². The summed E-state index contributed by atoms with van der Waals surface area (Å²) in [6, 6.07) is 8.79. The van der Waals surface area contributed by atoms with Gasteiger partial charge in [0, 0.05) is 5.39 Å². The predicted octanol–water partition coefficient (Wildman–Crippen LogP) is 4.18. The van der Waals surface area contributed by atoms with E-state index in [1.807, 2.05) is 6.07 Å². The van der Waals surface area contributed by atoms with Crippen LogP contribution in [0.2, 0.25) is 0 Å². The molecule has 0 amide bonds. The van der Waals surface area contributed by atoms with Crippen LogP contribution in [-0.4, -0.2) is 18.5 Å². The van der Waals surface area contributed by atoms with E-state index in [-0.39, 0.29) is 19.0 Å². The maximum Gasteiger partial charge on any atom is 0.374 e. The lowest BCUT2D eigenvalue weighted by Crippen LogP contribution is -2.10. The number of carbonyl (C=O) groups excluding carboxylic acids is 2. The molecule has 0 spiro atoms. The van der Waals surface area contributed by atoms with E-state index >= 15 is 0 Å². The number of aryl methyl sites for hydroxylation is 2. The zero-order valence-electron chi connectivity index (χ0n) is 14.3. The molecule has 0 bridgehead atoms. The molecule has 6 nitrogen and oxygen atoms in total. The Morgan fingerprint density at radius 2 is 1.80 bits per heavy atom. The van der Waals surface area contributed by atoms with Gasteiger partial charge in [-0.3, -0.25) is 0 Å². The van der Waals surface area contributed by atoms with E-state index in [4.69, 9.17) is 18.3 Å². The fourth-order valence-electron chi connectivity index (χ4n) is 2.65. The quantitative estimate of drug-likeness (QED) is 0.647. The van der Waals surface area contributed by atoms with Crippen LogP contribution in [0.1, 0.15) is 44.9 Å². The fraction of sp³-hybridized carbons (Fsp3) is 0.263. The smallest absolute Gasteiger partial charge is 0.374 e. The van der Waals surface area contributed by atoms with Crippen molar-refractivity contribution in [1.29, 1.82) is 0 Å². The molecule has 0 radical (unpaired) electrons. The molecule has 0 aliphatic carbocycles. The average Bonchev–Trinajstić information content (AvgIpc) is 3.12. The second-order valence-electron chi connectivity index (χ2n) is 5.53. The highest BCUT2D eigenvalue weighted by molar-refractivity contribution is 5.96. The minimum atomic E-state index is -0.583. The summed E-state index contributed by atoms with van der Waals surface area (Å²) in [5, 5.41) is 0.707. The van der Waals surface area contributed by atoms with Gasteiger partial charge in [-0.15, -0.1) is 0 Å². The molecule has 3 aromatic rings. The molecule has 0 unspecified atom stereocenters. The van der Waals surface area contributed by atoms with Crippen LogP contribution in [0.15, 0.2) is 39.2 Å². The Labute approximate surface area is 144 Å². The molecule has 0 atom stereocenters. The molecule has 0 fully saturated rings. The maximum atomic E-state index is 12.3. The minimum absolute atomic E-state index is 0.0518. The number of ether oxygens (including phenoxy) is 2. The van der Waals surface area contributed by atoms with Crippen molar-refractivity contribution in [3.63, 3.8) is 0 Å². The first kappa shape index (κ1) is 16.8. The lowest BCUT2D eigenvalue weighted by atomic mass is 10.1. The molecule has 1 aromatic carbocycles. The molecule has 0 saturated heterocycles. The second-order valence-corrected chi connectivity index (χ2v) is 5.53. The zero-order valence-corrected chi connectivity index (χ0v) is 14.3. The van der Waals surface area contributed by atoms with Crippen LogP contribution in [0.25, 0.3) is 11.0 Å². The summed E-state index contributed by atoms with van der Waals surface area (Å²) in [6.07, 6.45) is 0. The number of para-hydroxylation sites is 1. The van der Waals surface area contributed by atoms with Gasteiger partial charge in [0.15, 0.2) is 0 Å². The molecule has 2 aromatic heterocycles. The maximum absolute atomic E-state index is 12.3. The summed E-state index contributed by atoms with van der Waals surface area (Å²) in [4.78, 5) is 24.4. The van der Waals surface area contributed by atoms with E-state index in [9.17, 15) is 9.59 Å². The Bertz CT molecular complexity index is 931. The average molecular weight is 342 g/mol. The van der Waals surface area contributed by atoms with Gasteiger partial charge in [-0.1, -0.05) is 18.2 Å². The highest BCUT2D eigenvalue weighted by Gasteiger charge is 2.23. The number of benzene rings is 1. The molecule has 2 heterocycles. The summed E-state index contributed by atoms with van der Waals surface area (Å²) in [6.45, 7) is 5.29. The number of carbonyl (C=O) groups is 2. The molecular weight excluding hydrogens is 324 g/mol. The molecule has 0 aliphatic heterocycles. The summed E-state index contributed by atoms with van der Waals surface area (Å²) in [5.74, 6) is 0.0704. The van der Waals surface area contributed by atoms with Crippen molar-refractivity contribution in [3.8, 4) is 0 Å².